The molecular formula is C13H22N2O3. The number of rotatable bonds is 3. The average molecular weight is 254 g/mol. The van der Waals surface area contributed by atoms with Crippen molar-refractivity contribution in [2.24, 2.45) is 17.6 Å². The number of carboxylic acids is 1. The molecule has 0 aromatic carbocycles. The molecule has 2 fully saturated rings. The molecule has 2 aliphatic rings. The molecule has 0 aromatic heterocycles. The number of carboxylic acid groups (broad SMARTS) is 1. The maximum absolute atomic E-state index is 12.0. The molecule has 2 rings (SSSR count). The first kappa shape index (κ1) is 13.3. The highest BCUT2D eigenvalue weighted by atomic mass is 16.4. The van der Waals surface area contributed by atoms with E-state index in [0.717, 1.165) is 32.1 Å². The zero-order chi connectivity index (χ0) is 13.1. The van der Waals surface area contributed by atoms with Crippen molar-refractivity contribution in [1.82, 2.24) is 5.32 Å². The Morgan fingerprint density at radius 2 is 1.61 bits per heavy atom. The van der Waals surface area contributed by atoms with Crippen LogP contribution in [-0.2, 0) is 9.59 Å². The zero-order valence-corrected chi connectivity index (χ0v) is 10.6. The molecule has 18 heavy (non-hydrogen) atoms. The maximum atomic E-state index is 12.0. The first-order valence-corrected chi connectivity index (χ1v) is 6.85. The van der Waals surface area contributed by atoms with Crippen molar-refractivity contribution in [3.05, 3.63) is 0 Å². The Balaban J connectivity index is 1.76. The number of aliphatic carboxylic acids is 1. The highest BCUT2D eigenvalue weighted by Gasteiger charge is 2.32. The van der Waals surface area contributed by atoms with Crippen molar-refractivity contribution < 1.29 is 14.7 Å². The minimum absolute atomic E-state index is 0.0502. The van der Waals surface area contributed by atoms with E-state index in [0.29, 0.717) is 12.8 Å². The Kier molecular flexibility index (Phi) is 4.22. The lowest BCUT2D eigenvalue weighted by Crippen LogP contribution is -2.40. The zero-order valence-electron chi connectivity index (χ0n) is 10.6. The van der Waals surface area contributed by atoms with Crippen LogP contribution in [0.1, 0.15) is 44.9 Å². The first-order valence-electron chi connectivity index (χ1n) is 6.85. The Morgan fingerprint density at radius 3 is 2.17 bits per heavy atom. The second-order valence-corrected chi connectivity index (χ2v) is 5.67. The minimum atomic E-state index is -0.740. The van der Waals surface area contributed by atoms with Crippen LogP contribution in [0.15, 0.2) is 0 Å². The molecule has 0 saturated heterocycles. The average Bonchev–Trinajstić information content (AvgIpc) is 2.78. The minimum Gasteiger partial charge on any atom is -0.481 e. The van der Waals surface area contributed by atoms with Crippen molar-refractivity contribution in [3.8, 4) is 0 Å². The van der Waals surface area contributed by atoms with E-state index in [1.165, 1.54) is 0 Å². The van der Waals surface area contributed by atoms with Crippen LogP contribution in [0.5, 0.6) is 0 Å². The monoisotopic (exact) mass is 254 g/mol. The Hall–Kier alpha value is -1.10. The number of carbonyl (C=O) groups is 2. The summed E-state index contributed by atoms with van der Waals surface area (Å²) in [4.78, 5) is 22.9. The predicted molar refractivity (Wildman–Crippen MR) is 66.8 cm³/mol. The van der Waals surface area contributed by atoms with E-state index in [1.54, 1.807) is 0 Å². The summed E-state index contributed by atoms with van der Waals surface area (Å²) in [5, 5.41) is 11.9. The van der Waals surface area contributed by atoms with Gasteiger partial charge in [0.2, 0.25) is 5.91 Å². The number of nitrogens with two attached hydrogens (primary N) is 1. The molecule has 5 heteroatoms. The second kappa shape index (κ2) is 5.69. The van der Waals surface area contributed by atoms with Gasteiger partial charge in [-0.1, -0.05) is 0 Å². The van der Waals surface area contributed by atoms with Crippen LogP contribution in [0.3, 0.4) is 0 Å². The lowest BCUT2D eigenvalue weighted by atomic mass is 9.86. The number of hydrogen-bond acceptors (Lipinski definition) is 3. The van der Waals surface area contributed by atoms with Crippen LogP contribution in [0.2, 0.25) is 0 Å². The molecule has 4 N–H and O–H groups in total. The van der Waals surface area contributed by atoms with E-state index >= 15 is 0 Å². The fourth-order valence-corrected chi connectivity index (χ4v) is 3.04. The maximum Gasteiger partial charge on any atom is 0.306 e. The van der Waals surface area contributed by atoms with Gasteiger partial charge in [-0.25, -0.2) is 0 Å². The van der Waals surface area contributed by atoms with Crippen LogP contribution < -0.4 is 11.1 Å². The van der Waals surface area contributed by atoms with Crippen molar-refractivity contribution >= 4 is 11.9 Å². The number of nitrogens with one attached hydrogen (secondary N) is 1. The molecule has 1 amide bonds. The van der Waals surface area contributed by atoms with Gasteiger partial charge in [-0.05, 0) is 44.9 Å². The molecule has 0 aromatic rings. The fraction of sp³-hybridized carbons (Fsp3) is 0.846. The van der Waals surface area contributed by atoms with Crippen molar-refractivity contribution in [1.29, 1.82) is 0 Å². The third-order valence-electron chi connectivity index (χ3n) is 4.27. The van der Waals surface area contributed by atoms with Gasteiger partial charge in [0.1, 0.15) is 0 Å². The molecule has 0 radical (unpaired) electrons. The largest absolute Gasteiger partial charge is 0.481 e. The third-order valence-corrected chi connectivity index (χ3v) is 4.27. The van der Waals surface area contributed by atoms with Gasteiger partial charge in [-0.15, -0.1) is 0 Å². The SMILES string of the molecule is NC1CCC(C(=O)NC2CCC(C(=O)O)C2)CC1. The standard InChI is InChI=1S/C13H22N2O3/c14-10-4-1-8(2-5-10)12(16)15-11-6-3-9(7-11)13(17)18/h8-11H,1-7,14H2,(H,15,16)(H,17,18). The highest BCUT2D eigenvalue weighted by molar-refractivity contribution is 5.79. The Bertz CT molecular complexity index is 324. The molecule has 0 aliphatic heterocycles. The van der Waals surface area contributed by atoms with Gasteiger partial charge in [-0.2, -0.15) is 0 Å². The van der Waals surface area contributed by atoms with Gasteiger partial charge in [0.05, 0.1) is 5.92 Å². The van der Waals surface area contributed by atoms with Gasteiger partial charge in [0.25, 0.3) is 0 Å². The topological polar surface area (TPSA) is 92.4 Å². The molecule has 0 spiro atoms. The third kappa shape index (κ3) is 3.22. The van der Waals surface area contributed by atoms with E-state index in [1.807, 2.05) is 0 Å². The van der Waals surface area contributed by atoms with Crippen molar-refractivity contribution in [2.75, 3.05) is 0 Å². The molecule has 2 saturated carbocycles. The number of carbonyl (C=O) groups excluding carboxylic acids is 1. The number of hydrogen-bond donors (Lipinski definition) is 3. The molecular weight excluding hydrogens is 232 g/mol. The summed E-state index contributed by atoms with van der Waals surface area (Å²) in [6.45, 7) is 0. The van der Waals surface area contributed by atoms with E-state index in [9.17, 15) is 9.59 Å². The first-order chi connectivity index (χ1) is 8.56. The van der Waals surface area contributed by atoms with Gasteiger partial charge in [0, 0.05) is 18.0 Å². The van der Waals surface area contributed by atoms with Crippen molar-refractivity contribution in [2.45, 2.75) is 57.0 Å². The Morgan fingerprint density at radius 1 is 1.00 bits per heavy atom. The summed E-state index contributed by atoms with van der Waals surface area (Å²) in [6, 6.07) is 0.297. The highest BCUT2D eigenvalue weighted by Crippen LogP contribution is 2.27. The van der Waals surface area contributed by atoms with Crippen LogP contribution in [0, 0.1) is 11.8 Å². The normalized spacial score (nSPS) is 36.3. The quantitative estimate of drug-likeness (QED) is 0.697. The molecule has 2 aliphatic carbocycles. The molecule has 0 bridgehead atoms. The van der Waals surface area contributed by atoms with Gasteiger partial charge in [-0.3, -0.25) is 9.59 Å². The van der Waals surface area contributed by atoms with E-state index < -0.39 is 5.97 Å². The van der Waals surface area contributed by atoms with Crippen LogP contribution in [0.25, 0.3) is 0 Å². The van der Waals surface area contributed by atoms with E-state index in [4.69, 9.17) is 10.8 Å². The van der Waals surface area contributed by atoms with Gasteiger partial charge in [0.15, 0.2) is 0 Å². The molecule has 2 atom stereocenters. The van der Waals surface area contributed by atoms with Crippen LogP contribution in [0.4, 0.5) is 0 Å². The summed E-state index contributed by atoms with van der Waals surface area (Å²) in [5.74, 6) is -0.850. The summed E-state index contributed by atoms with van der Waals surface area (Å²) < 4.78 is 0. The van der Waals surface area contributed by atoms with Crippen molar-refractivity contribution in [3.63, 3.8) is 0 Å². The summed E-state index contributed by atoms with van der Waals surface area (Å²) in [5.41, 5.74) is 5.82. The van der Waals surface area contributed by atoms with Crippen LogP contribution in [-0.4, -0.2) is 29.1 Å². The van der Waals surface area contributed by atoms with E-state index in [2.05, 4.69) is 5.32 Å². The lowest BCUT2D eigenvalue weighted by Gasteiger charge is -2.26. The smallest absolute Gasteiger partial charge is 0.306 e. The van der Waals surface area contributed by atoms with Gasteiger partial charge >= 0.3 is 5.97 Å². The van der Waals surface area contributed by atoms with E-state index in [-0.39, 0.29) is 29.8 Å². The predicted octanol–water partition coefficient (Wildman–Crippen LogP) is 0.873. The molecule has 5 nitrogen and oxygen atoms in total. The summed E-state index contributed by atoms with van der Waals surface area (Å²) in [7, 11) is 0. The molecule has 2 unspecified atom stereocenters. The fourth-order valence-electron chi connectivity index (χ4n) is 3.04. The molecule has 102 valence electrons. The van der Waals surface area contributed by atoms with Gasteiger partial charge < -0.3 is 16.2 Å². The lowest BCUT2D eigenvalue weighted by molar-refractivity contribution is -0.141. The summed E-state index contributed by atoms with van der Waals surface area (Å²) in [6.07, 6.45) is 5.60. The number of amides is 1. The Labute approximate surface area is 107 Å². The summed E-state index contributed by atoms with van der Waals surface area (Å²) >= 11 is 0. The second-order valence-electron chi connectivity index (χ2n) is 5.67. The van der Waals surface area contributed by atoms with Crippen LogP contribution >= 0.6 is 0 Å². The molecule has 0 heterocycles.